The average molecular weight is 419 g/mol. The van der Waals surface area contributed by atoms with Crippen molar-refractivity contribution in [1.82, 2.24) is 19.8 Å². The van der Waals surface area contributed by atoms with Gasteiger partial charge in [0.1, 0.15) is 5.75 Å². The van der Waals surface area contributed by atoms with E-state index in [0.29, 0.717) is 29.2 Å². The van der Waals surface area contributed by atoms with Crippen LogP contribution in [0.5, 0.6) is 5.75 Å². The third kappa shape index (κ3) is 2.95. The van der Waals surface area contributed by atoms with E-state index in [1.54, 1.807) is 16.6 Å². The number of rotatable bonds is 3. The molecule has 1 aliphatic carbocycles. The molecule has 1 N–H and O–H groups in total. The number of nitrogens with zero attached hydrogens (tertiary/aromatic N) is 4. The lowest BCUT2D eigenvalue weighted by Crippen LogP contribution is -2.24. The maximum atomic E-state index is 12.9. The Kier molecular flexibility index (Phi) is 4.51. The minimum atomic E-state index is -0.133. The number of phenolic OH excluding ortho intramolecular Hbond substituents is 1. The molecule has 7 heteroatoms. The monoisotopic (exact) mass is 418 g/mol. The van der Waals surface area contributed by atoms with Crippen LogP contribution in [0.4, 0.5) is 0 Å². The van der Waals surface area contributed by atoms with Crippen LogP contribution in [0.15, 0.2) is 48.5 Å². The number of aromatic hydroxyl groups is 1. The van der Waals surface area contributed by atoms with Crippen molar-refractivity contribution in [2.24, 2.45) is 0 Å². The van der Waals surface area contributed by atoms with E-state index in [1.807, 2.05) is 43.3 Å². The molecule has 2 heterocycles. The Bertz CT molecular complexity index is 1280. The third-order valence-electron chi connectivity index (χ3n) is 5.69. The van der Waals surface area contributed by atoms with Crippen molar-refractivity contribution in [1.29, 1.82) is 0 Å². The van der Waals surface area contributed by atoms with Crippen LogP contribution in [-0.2, 0) is 12.8 Å². The predicted molar refractivity (Wildman–Crippen MR) is 114 cm³/mol. The highest BCUT2D eigenvalue weighted by atomic mass is 35.5. The molecule has 150 valence electrons. The van der Waals surface area contributed by atoms with Crippen molar-refractivity contribution in [3.8, 4) is 16.9 Å². The summed E-state index contributed by atoms with van der Waals surface area (Å²) >= 11 is 6.06. The molecule has 2 aromatic carbocycles. The Labute approximate surface area is 178 Å². The number of hydrogen-bond acceptors (Lipinski definition) is 5. The van der Waals surface area contributed by atoms with Gasteiger partial charge in [0.2, 0.25) is 0 Å². The van der Waals surface area contributed by atoms with E-state index in [4.69, 9.17) is 16.7 Å². The minimum Gasteiger partial charge on any atom is -0.508 e. The summed E-state index contributed by atoms with van der Waals surface area (Å²) < 4.78 is 1.76. The van der Waals surface area contributed by atoms with Crippen LogP contribution in [0.3, 0.4) is 0 Å². The van der Waals surface area contributed by atoms with Crippen molar-refractivity contribution >= 4 is 23.0 Å². The SMILES string of the molecule is CCc1nn2c3c(nnc2c1-c1ccc(Cl)cc1)C(=O)C[C@H](c1ccccc1O)C3. The maximum Gasteiger partial charge on any atom is 0.185 e. The van der Waals surface area contributed by atoms with E-state index in [0.717, 1.165) is 28.1 Å². The number of carbonyl (C=O) groups is 1. The van der Waals surface area contributed by atoms with Gasteiger partial charge >= 0.3 is 0 Å². The second-order valence-electron chi connectivity index (χ2n) is 7.50. The van der Waals surface area contributed by atoms with E-state index in [2.05, 4.69) is 10.2 Å². The van der Waals surface area contributed by atoms with Gasteiger partial charge in [-0.05, 0) is 42.2 Å². The number of aromatic nitrogens is 4. The highest BCUT2D eigenvalue weighted by Crippen LogP contribution is 2.37. The molecule has 0 spiro atoms. The minimum absolute atomic E-state index is 0.0829. The second kappa shape index (κ2) is 7.22. The number of aryl methyl sites for hydroxylation is 1. The summed E-state index contributed by atoms with van der Waals surface area (Å²) in [4.78, 5) is 12.9. The largest absolute Gasteiger partial charge is 0.508 e. The fourth-order valence-electron chi connectivity index (χ4n) is 4.23. The van der Waals surface area contributed by atoms with Crippen molar-refractivity contribution in [2.75, 3.05) is 0 Å². The first-order chi connectivity index (χ1) is 14.6. The van der Waals surface area contributed by atoms with Crippen LogP contribution in [0, 0.1) is 0 Å². The number of ketones is 1. The lowest BCUT2D eigenvalue weighted by Gasteiger charge is -2.23. The van der Waals surface area contributed by atoms with Gasteiger partial charge in [-0.25, -0.2) is 4.52 Å². The molecule has 2 aromatic heterocycles. The first kappa shape index (κ1) is 18.8. The summed E-state index contributed by atoms with van der Waals surface area (Å²) in [5, 5.41) is 24.4. The van der Waals surface area contributed by atoms with Gasteiger partial charge in [-0.1, -0.05) is 48.9 Å². The lowest BCUT2D eigenvalue weighted by molar-refractivity contribution is 0.0955. The molecule has 0 radical (unpaired) electrons. The van der Waals surface area contributed by atoms with Crippen LogP contribution in [0.2, 0.25) is 5.02 Å². The standard InChI is InChI=1S/C23H19ClN4O2/c1-2-17-21(13-7-9-15(24)10-8-13)23-26-25-22-18(28(23)27-17)11-14(12-20(22)30)16-5-3-4-6-19(16)29/h3-10,14,29H,2,11-12H2,1H3/t14-/m1/s1. The molecule has 0 amide bonds. The van der Waals surface area contributed by atoms with E-state index in [9.17, 15) is 9.90 Å². The topological polar surface area (TPSA) is 80.4 Å². The molecule has 0 fully saturated rings. The smallest absolute Gasteiger partial charge is 0.185 e. The van der Waals surface area contributed by atoms with Crippen LogP contribution in [-0.4, -0.2) is 30.7 Å². The van der Waals surface area contributed by atoms with E-state index in [-0.39, 0.29) is 23.9 Å². The van der Waals surface area contributed by atoms with Gasteiger partial charge in [-0.15, -0.1) is 10.2 Å². The molecule has 0 saturated carbocycles. The fraction of sp³-hybridized carbons (Fsp3) is 0.217. The Morgan fingerprint density at radius 3 is 2.60 bits per heavy atom. The normalized spacial score (nSPS) is 16.1. The summed E-state index contributed by atoms with van der Waals surface area (Å²) in [6.45, 7) is 2.04. The molecule has 0 bridgehead atoms. The lowest BCUT2D eigenvalue weighted by atomic mass is 9.83. The fourth-order valence-corrected chi connectivity index (χ4v) is 4.35. The van der Waals surface area contributed by atoms with Gasteiger partial charge in [0, 0.05) is 17.4 Å². The summed E-state index contributed by atoms with van der Waals surface area (Å²) in [5.74, 6) is -0.0130. The van der Waals surface area contributed by atoms with Crippen LogP contribution >= 0.6 is 11.6 Å². The Hall–Kier alpha value is -3.25. The number of benzene rings is 2. The third-order valence-corrected chi connectivity index (χ3v) is 5.94. The first-order valence-electron chi connectivity index (χ1n) is 9.91. The van der Waals surface area contributed by atoms with Crippen molar-refractivity contribution in [2.45, 2.75) is 32.1 Å². The van der Waals surface area contributed by atoms with Gasteiger partial charge in [0.25, 0.3) is 0 Å². The molecule has 0 aliphatic heterocycles. The van der Waals surface area contributed by atoms with Gasteiger partial charge in [-0.2, -0.15) is 5.10 Å². The molecule has 0 unspecified atom stereocenters. The molecule has 6 nitrogen and oxygen atoms in total. The first-order valence-corrected chi connectivity index (χ1v) is 10.3. The summed E-state index contributed by atoms with van der Waals surface area (Å²) in [6.07, 6.45) is 1.55. The van der Waals surface area contributed by atoms with Crippen LogP contribution < -0.4 is 0 Å². The van der Waals surface area contributed by atoms with Crippen molar-refractivity contribution < 1.29 is 9.90 Å². The van der Waals surface area contributed by atoms with E-state index >= 15 is 0 Å². The number of fused-ring (bicyclic) bond motifs is 3. The van der Waals surface area contributed by atoms with Gasteiger partial charge < -0.3 is 5.11 Å². The maximum absolute atomic E-state index is 12.9. The van der Waals surface area contributed by atoms with Gasteiger partial charge in [0.15, 0.2) is 17.1 Å². The van der Waals surface area contributed by atoms with Crippen LogP contribution in [0.1, 0.15) is 46.7 Å². The van der Waals surface area contributed by atoms with E-state index < -0.39 is 0 Å². The number of phenols is 1. The zero-order valence-corrected chi connectivity index (χ0v) is 17.1. The molecule has 0 saturated heterocycles. The molecule has 30 heavy (non-hydrogen) atoms. The number of para-hydroxylation sites is 1. The highest BCUT2D eigenvalue weighted by molar-refractivity contribution is 6.30. The molecule has 5 rings (SSSR count). The van der Waals surface area contributed by atoms with E-state index in [1.165, 1.54) is 0 Å². The number of Topliss-reactive ketones (excluding diaryl/α,β-unsaturated/α-hetero) is 1. The molecule has 4 aromatic rings. The van der Waals surface area contributed by atoms with Crippen molar-refractivity contribution in [3.05, 3.63) is 76.2 Å². The summed E-state index contributed by atoms with van der Waals surface area (Å²) in [7, 11) is 0. The highest BCUT2D eigenvalue weighted by Gasteiger charge is 2.32. The van der Waals surface area contributed by atoms with Crippen molar-refractivity contribution in [3.63, 3.8) is 0 Å². The zero-order valence-electron chi connectivity index (χ0n) is 16.3. The molecule has 1 atom stereocenters. The Balaban J connectivity index is 1.69. The van der Waals surface area contributed by atoms with Gasteiger partial charge in [0.05, 0.1) is 17.0 Å². The molecular weight excluding hydrogens is 400 g/mol. The predicted octanol–water partition coefficient (Wildman–Crippen LogP) is 4.63. The average Bonchev–Trinajstić information content (AvgIpc) is 3.14. The van der Waals surface area contributed by atoms with Crippen LogP contribution in [0.25, 0.3) is 16.8 Å². The number of hydrogen-bond donors (Lipinski definition) is 1. The Morgan fingerprint density at radius 2 is 1.87 bits per heavy atom. The molecule has 1 aliphatic rings. The molecular formula is C23H19ClN4O2. The summed E-state index contributed by atoms with van der Waals surface area (Å²) in [6, 6.07) is 14.7. The quantitative estimate of drug-likeness (QED) is 0.524. The second-order valence-corrected chi connectivity index (χ2v) is 7.94. The number of carbonyl (C=O) groups excluding carboxylic acids is 1. The van der Waals surface area contributed by atoms with Gasteiger partial charge in [-0.3, -0.25) is 4.79 Å². The number of halogens is 1. The Morgan fingerprint density at radius 1 is 1.10 bits per heavy atom. The summed E-state index contributed by atoms with van der Waals surface area (Å²) in [5.41, 5.74) is 5.24. The zero-order chi connectivity index (χ0) is 20.8.